The quantitative estimate of drug-likeness (QED) is 0.549. The number of rotatable bonds is 7. The molecule has 154 valence electrons. The van der Waals surface area contributed by atoms with Crippen LogP contribution < -0.4 is 25.4 Å². The highest BCUT2D eigenvalue weighted by molar-refractivity contribution is 5.92. The minimum Gasteiger partial charge on any atom is -0.454 e. The molecule has 0 aliphatic carbocycles. The summed E-state index contributed by atoms with van der Waals surface area (Å²) in [5.41, 5.74) is 3.32. The zero-order valence-electron chi connectivity index (χ0n) is 16.9. The van der Waals surface area contributed by atoms with Crippen LogP contribution in [0.2, 0.25) is 0 Å². The Morgan fingerprint density at radius 2 is 1.77 bits per heavy atom. The highest BCUT2D eigenvalue weighted by atomic mass is 16.7. The fourth-order valence-corrected chi connectivity index (χ4v) is 3.10. The second kappa shape index (κ2) is 8.69. The summed E-state index contributed by atoms with van der Waals surface area (Å²) in [5.74, 6) is 2.58. The maximum Gasteiger partial charge on any atom is 0.231 e. The first-order valence-corrected chi connectivity index (χ1v) is 9.74. The molecule has 1 aliphatic heterocycles. The Kier molecular flexibility index (Phi) is 5.65. The molecule has 2 heterocycles. The van der Waals surface area contributed by atoms with E-state index in [9.17, 15) is 4.79 Å². The molecule has 8 nitrogen and oxygen atoms in total. The van der Waals surface area contributed by atoms with Gasteiger partial charge in [0.25, 0.3) is 0 Å². The lowest BCUT2D eigenvalue weighted by molar-refractivity contribution is -0.115. The molecule has 1 aliphatic rings. The number of hydrogen-bond donors (Lipinski definition) is 3. The molecule has 8 heteroatoms. The van der Waals surface area contributed by atoms with Gasteiger partial charge in [-0.05, 0) is 55.8 Å². The molecule has 0 saturated carbocycles. The van der Waals surface area contributed by atoms with Crippen LogP contribution in [0.5, 0.6) is 11.5 Å². The van der Waals surface area contributed by atoms with Crippen LogP contribution in [0.1, 0.15) is 18.2 Å². The van der Waals surface area contributed by atoms with Gasteiger partial charge in [0.05, 0.1) is 6.42 Å². The predicted molar refractivity (Wildman–Crippen MR) is 116 cm³/mol. The number of hydrogen-bond acceptors (Lipinski definition) is 7. The van der Waals surface area contributed by atoms with Gasteiger partial charge in [-0.3, -0.25) is 4.79 Å². The normalized spacial score (nSPS) is 11.8. The SMILES string of the molecule is CCNc1nc(C)cc(Nc2ccc(NC(=O)Cc3ccc4c(c3)OCO4)cc2)n1. The van der Waals surface area contributed by atoms with Crippen molar-refractivity contribution in [3.63, 3.8) is 0 Å². The molecular formula is C22H23N5O3. The van der Waals surface area contributed by atoms with E-state index in [-0.39, 0.29) is 19.1 Å². The maximum atomic E-state index is 12.4. The average molecular weight is 405 g/mol. The van der Waals surface area contributed by atoms with Crippen LogP contribution in [0.25, 0.3) is 0 Å². The summed E-state index contributed by atoms with van der Waals surface area (Å²) in [6.45, 7) is 4.89. The lowest BCUT2D eigenvalue weighted by atomic mass is 10.1. The number of aryl methyl sites for hydroxylation is 1. The summed E-state index contributed by atoms with van der Waals surface area (Å²) in [7, 11) is 0. The minimum absolute atomic E-state index is 0.101. The van der Waals surface area contributed by atoms with E-state index in [0.717, 1.165) is 29.2 Å². The number of nitrogens with one attached hydrogen (secondary N) is 3. The molecular weight excluding hydrogens is 382 g/mol. The Labute approximate surface area is 174 Å². The number of nitrogens with zero attached hydrogens (tertiary/aromatic N) is 2. The van der Waals surface area contributed by atoms with Gasteiger partial charge in [-0.2, -0.15) is 4.98 Å². The van der Waals surface area contributed by atoms with Crippen molar-refractivity contribution in [2.24, 2.45) is 0 Å². The highest BCUT2D eigenvalue weighted by Crippen LogP contribution is 2.32. The highest BCUT2D eigenvalue weighted by Gasteiger charge is 2.14. The monoisotopic (exact) mass is 405 g/mol. The van der Waals surface area contributed by atoms with Crippen LogP contribution in [0.3, 0.4) is 0 Å². The van der Waals surface area contributed by atoms with E-state index in [0.29, 0.717) is 23.3 Å². The number of fused-ring (bicyclic) bond motifs is 1. The molecule has 0 spiro atoms. The molecule has 2 aromatic carbocycles. The van der Waals surface area contributed by atoms with Gasteiger partial charge in [0, 0.05) is 29.7 Å². The zero-order valence-corrected chi connectivity index (χ0v) is 16.9. The van der Waals surface area contributed by atoms with Crippen LogP contribution >= 0.6 is 0 Å². The molecule has 1 aromatic heterocycles. The Morgan fingerprint density at radius 1 is 1.00 bits per heavy atom. The Hall–Kier alpha value is -3.81. The Morgan fingerprint density at radius 3 is 2.57 bits per heavy atom. The molecule has 30 heavy (non-hydrogen) atoms. The molecule has 3 N–H and O–H groups in total. The van der Waals surface area contributed by atoms with E-state index in [1.807, 2.05) is 62.4 Å². The number of benzene rings is 2. The second-order valence-electron chi connectivity index (χ2n) is 6.86. The van der Waals surface area contributed by atoms with Crippen molar-refractivity contribution in [2.75, 3.05) is 29.3 Å². The molecule has 0 fully saturated rings. The molecule has 0 atom stereocenters. The Bertz CT molecular complexity index is 1050. The van der Waals surface area contributed by atoms with Crippen LogP contribution in [0, 0.1) is 6.92 Å². The largest absolute Gasteiger partial charge is 0.454 e. The fourth-order valence-electron chi connectivity index (χ4n) is 3.10. The summed E-state index contributed by atoms with van der Waals surface area (Å²) in [5, 5.41) is 9.28. The third-order valence-electron chi connectivity index (χ3n) is 4.43. The summed E-state index contributed by atoms with van der Waals surface area (Å²) in [6, 6.07) is 14.9. The van der Waals surface area contributed by atoms with Crippen molar-refractivity contribution < 1.29 is 14.3 Å². The molecule has 0 saturated heterocycles. The number of carbonyl (C=O) groups excluding carboxylic acids is 1. The number of carbonyl (C=O) groups is 1. The van der Waals surface area contributed by atoms with Gasteiger partial charge >= 0.3 is 0 Å². The molecule has 4 rings (SSSR count). The summed E-state index contributed by atoms with van der Waals surface area (Å²) < 4.78 is 10.6. The minimum atomic E-state index is -0.101. The lowest BCUT2D eigenvalue weighted by Gasteiger charge is -2.10. The first-order chi connectivity index (χ1) is 14.6. The van der Waals surface area contributed by atoms with Gasteiger partial charge in [-0.25, -0.2) is 4.98 Å². The van der Waals surface area contributed by atoms with E-state index in [4.69, 9.17) is 9.47 Å². The van der Waals surface area contributed by atoms with Gasteiger partial charge in [0.15, 0.2) is 11.5 Å². The topological polar surface area (TPSA) is 97.4 Å². The van der Waals surface area contributed by atoms with Gasteiger partial charge in [-0.15, -0.1) is 0 Å². The first-order valence-electron chi connectivity index (χ1n) is 9.74. The van der Waals surface area contributed by atoms with E-state index < -0.39 is 0 Å². The van der Waals surface area contributed by atoms with Crippen molar-refractivity contribution >= 4 is 29.0 Å². The third kappa shape index (κ3) is 4.78. The van der Waals surface area contributed by atoms with Crippen molar-refractivity contribution in [1.82, 2.24) is 9.97 Å². The maximum absolute atomic E-state index is 12.4. The predicted octanol–water partition coefficient (Wildman–Crippen LogP) is 3.87. The average Bonchev–Trinajstić information content (AvgIpc) is 3.17. The lowest BCUT2D eigenvalue weighted by Crippen LogP contribution is -2.14. The Balaban J connectivity index is 1.36. The smallest absolute Gasteiger partial charge is 0.231 e. The van der Waals surface area contributed by atoms with Crippen molar-refractivity contribution in [3.8, 4) is 11.5 Å². The van der Waals surface area contributed by atoms with Crippen LogP contribution in [0.4, 0.5) is 23.1 Å². The van der Waals surface area contributed by atoms with Gasteiger partial charge < -0.3 is 25.4 Å². The van der Waals surface area contributed by atoms with Crippen LogP contribution in [0.15, 0.2) is 48.5 Å². The van der Waals surface area contributed by atoms with Crippen LogP contribution in [-0.4, -0.2) is 29.2 Å². The third-order valence-corrected chi connectivity index (χ3v) is 4.43. The first kappa shape index (κ1) is 19.5. The fraction of sp³-hybridized carbons (Fsp3) is 0.227. The molecule has 0 bridgehead atoms. The number of ether oxygens (including phenoxy) is 2. The molecule has 0 radical (unpaired) electrons. The molecule has 1 amide bonds. The number of aromatic nitrogens is 2. The standard InChI is InChI=1S/C22H23N5O3/c1-3-23-22-24-14(2)10-20(27-22)25-16-5-7-17(8-6-16)26-21(28)12-15-4-9-18-19(11-15)30-13-29-18/h4-11H,3,12-13H2,1-2H3,(H,26,28)(H2,23,24,25,27). The summed E-state index contributed by atoms with van der Waals surface area (Å²) in [4.78, 5) is 21.2. The number of anilines is 4. The van der Waals surface area contributed by atoms with Crippen molar-refractivity contribution in [1.29, 1.82) is 0 Å². The van der Waals surface area contributed by atoms with E-state index in [1.165, 1.54) is 0 Å². The van der Waals surface area contributed by atoms with E-state index >= 15 is 0 Å². The summed E-state index contributed by atoms with van der Waals surface area (Å²) in [6.07, 6.45) is 0.254. The zero-order chi connectivity index (χ0) is 20.9. The van der Waals surface area contributed by atoms with E-state index in [2.05, 4.69) is 25.9 Å². The molecule has 0 unspecified atom stereocenters. The molecule has 3 aromatic rings. The summed E-state index contributed by atoms with van der Waals surface area (Å²) >= 11 is 0. The van der Waals surface area contributed by atoms with Crippen molar-refractivity contribution in [2.45, 2.75) is 20.3 Å². The van der Waals surface area contributed by atoms with E-state index in [1.54, 1.807) is 0 Å². The van der Waals surface area contributed by atoms with Crippen LogP contribution in [-0.2, 0) is 11.2 Å². The van der Waals surface area contributed by atoms with Crippen molar-refractivity contribution in [3.05, 3.63) is 59.8 Å². The number of amides is 1. The van der Waals surface area contributed by atoms with Gasteiger partial charge in [0.2, 0.25) is 18.6 Å². The van der Waals surface area contributed by atoms with Gasteiger partial charge in [-0.1, -0.05) is 6.07 Å². The van der Waals surface area contributed by atoms with Gasteiger partial charge in [0.1, 0.15) is 5.82 Å². The second-order valence-corrected chi connectivity index (χ2v) is 6.86.